The number of amides is 2. The van der Waals surface area contributed by atoms with E-state index in [-0.39, 0.29) is 24.3 Å². The molecule has 3 fully saturated rings. The zero-order chi connectivity index (χ0) is 18.1. The highest BCUT2D eigenvalue weighted by Crippen LogP contribution is 2.32. The summed E-state index contributed by atoms with van der Waals surface area (Å²) < 4.78 is 0. The van der Waals surface area contributed by atoms with Crippen molar-refractivity contribution in [2.24, 2.45) is 5.92 Å². The van der Waals surface area contributed by atoms with Crippen LogP contribution in [0.2, 0.25) is 0 Å². The third-order valence-corrected chi connectivity index (χ3v) is 5.87. The van der Waals surface area contributed by atoms with Crippen LogP contribution in [0.25, 0.3) is 0 Å². The van der Waals surface area contributed by atoms with Gasteiger partial charge in [-0.3, -0.25) is 14.5 Å². The molecule has 0 spiro atoms. The average molecular weight is 351 g/mol. The lowest BCUT2D eigenvalue weighted by atomic mass is 10.1. The molecule has 1 aliphatic carbocycles. The number of hydrogen-bond acceptors (Lipinski definition) is 4. The molecule has 3 atom stereocenters. The van der Waals surface area contributed by atoms with Gasteiger partial charge in [0.15, 0.2) is 0 Å². The highest BCUT2D eigenvalue weighted by Gasteiger charge is 2.44. The second-order valence-electron chi connectivity index (χ2n) is 7.62. The van der Waals surface area contributed by atoms with Crippen molar-refractivity contribution in [2.75, 3.05) is 26.2 Å². The Bertz CT molecular complexity index is 548. The van der Waals surface area contributed by atoms with Gasteiger partial charge in [0.1, 0.15) is 6.04 Å². The molecule has 3 aliphatic rings. The Morgan fingerprint density at radius 3 is 2.64 bits per heavy atom. The fraction of sp³-hybridized carbons (Fsp3) is 0.833. The van der Waals surface area contributed by atoms with Gasteiger partial charge >= 0.3 is 5.97 Å². The summed E-state index contributed by atoms with van der Waals surface area (Å²) in [5.41, 5.74) is 0. The van der Waals surface area contributed by atoms with Gasteiger partial charge in [-0.15, -0.1) is 0 Å². The number of rotatable bonds is 7. The van der Waals surface area contributed by atoms with Crippen LogP contribution in [0.1, 0.15) is 46.0 Å². The monoisotopic (exact) mass is 351 g/mol. The highest BCUT2D eigenvalue weighted by molar-refractivity contribution is 5.91. The van der Waals surface area contributed by atoms with Crippen LogP contribution in [0.15, 0.2) is 0 Å². The number of likely N-dealkylation sites (N-methyl/N-ethyl adjacent to an activating group) is 1. The van der Waals surface area contributed by atoms with Gasteiger partial charge < -0.3 is 14.9 Å². The second kappa shape index (κ2) is 7.32. The molecule has 25 heavy (non-hydrogen) atoms. The van der Waals surface area contributed by atoms with Gasteiger partial charge in [-0.25, -0.2) is 4.79 Å². The smallest absolute Gasteiger partial charge is 0.326 e. The number of aliphatic carboxylic acids is 1. The van der Waals surface area contributed by atoms with Crippen molar-refractivity contribution >= 4 is 17.8 Å². The summed E-state index contributed by atoms with van der Waals surface area (Å²) in [6.45, 7) is 6.88. The minimum absolute atomic E-state index is 0.0278. The Labute approximate surface area is 148 Å². The van der Waals surface area contributed by atoms with Gasteiger partial charge in [0.2, 0.25) is 11.8 Å². The summed E-state index contributed by atoms with van der Waals surface area (Å²) in [5.74, 6) is -1.51. The van der Waals surface area contributed by atoms with Crippen LogP contribution in [0.4, 0.5) is 0 Å². The lowest BCUT2D eigenvalue weighted by Gasteiger charge is -2.30. The molecule has 3 rings (SSSR count). The highest BCUT2D eigenvalue weighted by atomic mass is 16.4. The first-order valence-corrected chi connectivity index (χ1v) is 9.49. The molecular weight excluding hydrogens is 322 g/mol. The molecule has 1 N–H and O–H groups in total. The SMILES string of the molecule is CCN1CCCC1CN1CC(C(=O)N(C2CC2)C(C)C(=O)O)CC1=O. The molecule has 0 radical (unpaired) electrons. The standard InChI is InChI=1S/C18H29N3O4/c1-3-19-8-4-5-15(19)11-20-10-13(9-16(20)22)17(23)21(14-6-7-14)12(2)18(24)25/h12-15H,3-11H2,1-2H3,(H,24,25). The number of carbonyl (C=O) groups is 3. The molecule has 7 nitrogen and oxygen atoms in total. The van der Waals surface area contributed by atoms with E-state index in [1.165, 1.54) is 4.90 Å². The molecule has 1 saturated carbocycles. The van der Waals surface area contributed by atoms with Crippen molar-refractivity contribution < 1.29 is 19.5 Å². The predicted octanol–water partition coefficient (Wildman–Crippen LogP) is 0.783. The van der Waals surface area contributed by atoms with Crippen molar-refractivity contribution in [3.8, 4) is 0 Å². The number of likely N-dealkylation sites (tertiary alicyclic amines) is 2. The summed E-state index contributed by atoms with van der Waals surface area (Å²) in [5, 5.41) is 9.29. The largest absolute Gasteiger partial charge is 0.480 e. The molecular formula is C18H29N3O4. The van der Waals surface area contributed by atoms with E-state index in [1.807, 2.05) is 4.90 Å². The Balaban J connectivity index is 1.62. The number of hydrogen-bond donors (Lipinski definition) is 1. The second-order valence-corrected chi connectivity index (χ2v) is 7.62. The fourth-order valence-corrected chi connectivity index (χ4v) is 4.26. The molecule has 0 bridgehead atoms. The number of carboxylic acids is 1. The van der Waals surface area contributed by atoms with Crippen LogP contribution in [-0.4, -0.2) is 81.9 Å². The number of carbonyl (C=O) groups excluding carboxylic acids is 2. The van der Waals surface area contributed by atoms with E-state index in [2.05, 4.69) is 11.8 Å². The van der Waals surface area contributed by atoms with Gasteiger partial charge in [-0.2, -0.15) is 0 Å². The van der Waals surface area contributed by atoms with Crippen LogP contribution >= 0.6 is 0 Å². The summed E-state index contributed by atoms with van der Waals surface area (Å²) >= 11 is 0. The minimum Gasteiger partial charge on any atom is -0.480 e. The number of nitrogens with zero attached hydrogens (tertiary/aromatic N) is 3. The van der Waals surface area contributed by atoms with Crippen molar-refractivity contribution in [3.63, 3.8) is 0 Å². The lowest BCUT2D eigenvalue weighted by molar-refractivity contribution is -0.151. The molecule has 2 aliphatic heterocycles. The van der Waals surface area contributed by atoms with Crippen molar-refractivity contribution in [2.45, 2.75) is 64.1 Å². The van der Waals surface area contributed by atoms with Crippen LogP contribution in [-0.2, 0) is 14.4 Å². The predicted molar refractivity (Wildman–Crippen MR) is 91.9 cm³/mol. The van der Waals surface area contributed by atoms with Gasteiger partial charge in [-0.05, 0) is 45.7 Å². The van der Waals surface area contributed by atoms with E-state index in [9.17, 15) is 19.5 Å². The lowest BCUT2D eigenvalue weighted by Crippen LogP contribution is -2.48. The quantitative estimate of drug-likeness (QED) is 0.733. The van der Waals surface area contributed by atoms with Gasteiger partial charge in [-0.1, -0.05) is 6.92 Å². The van der Waals surface area contributed by atoms with Gasteiger partial charge in [0.25, 0.3) is 0 Å². The minimum atomic E-state index is -0.981. The molecule has 140 valence electrons. The summed E-state index contributed by atoms with van der Waals surface area (Å²) in [6, 6.07) is -0.400. The number of carboxylic acid groups (broad SMARTS) is 1. The van der Waals surface area contributed by atoms with Crippen LogP contribution in [0.5, 0.6) is 0 Å². The maximum absolute atomic E-state index is 12.9. The zero-order valence-corrected chi connectivity index (χ0v) is 15.2. The molecule has 0 aromatic heterocycles. The Morgan fingerprint density at radius 2 is 2.04 bits per heavy atom. The summed E-state index contributed by atoms with van der Waals surface area (Å²) in [7, 11) is 0. The van der Waals surface area contributed by atoms with Crippen molar-refractivity contribution in [3.05, 3.63) is 0 Å². The Kier molecular flexibility index (Phi) is 5.32. The van der Waals surface area contributed by atoms with Crippen molar-refractivity contribution in [1.82, 2.24) is 14.7 Å². The first kappa shape index (κ1) is 18.2. The fourth-order valence-electron chi connectivity index (χ4n) is 4.26. The van der Waals surface area contributed by atoms with Gasteiger partial charge in [0, 0.05) is 31.6 Å². The summed E-state index contributed by atoms with van der Waals surface area (Å²) in [4.78, 5) is 42.4. The normalized spacial score (nSPS) is 28.4. The molecule has 2 heterocycles. The van der Waals surface area contributed by atoms with E-state index in [1.54, 1.807) is 6.92 Å². The van der Waals surface area contributed by atoms with E-state index >= 15 is 0 Å². The van der Waals surface area contributed by atoms with Crippen LogP contribution in [0, 0.1) is 5.92 Å². The average Bonchev–Trinajstić information content (AvgIpc) is 3.19. The molecule has 3 unspecified atom stereocenters. The maximum atomic E-state index is 12.9. The van der Waals surface area contributed by atoms with Crippen LogP contribution in [0.3, 0.4) is 0 Å². The van der Waals surface area contributed by atoms with E-state index in [0.717, 1.165) is 38.8 Å². The maximum Gasteiger partial charge on any atom is 0.326 e. The van der Waals surface area contributed by atoms with Crippen molar-refractivity contribution in [1.29, 1.82) is 0 Å². The third-order valence-electron chi connectivity index (χ3n) is 5.87. The topological polar surface area (TPSA) is 81.2 Å². The molecule has 2 saturated heterocycles. The first-order valence-electron chi connectivity index (χ1n) is 9.49. The van der Waals surface area contributed by atoms with Crippen LogP contribution < -0.4 is 0 Å². The molecule has 2 amide bonds. The molecule has 0 aromatic carbocycles. The Morgan fingerprint density at radius 1 is 1.32 bits per heavy atom. The summed E-state index contributed by atoms with van der Waals surface area (Å²) in [6.07, 6.45) is 4.20. The first-order chi connectivity index (χ1) is 11.9. The zero-order valence-electron chi connectivity index (χ0n) is 15.2. The van der Waals surface area contributed by atoms with E-state index < -0.39 is 17.9 Å². The molecule has 0 aromatic rings. The molecule has 7 heteroatoms. The Hall–Kier alpha value is -1.63. The van der Waals surface area contributed by atoms with E-state index in [0.29, 0.717) is 19.1 Å². The van der Waals surface area contributed by atoms with E-state index in [4.69, 9.17) is 0 Å². The third kappa shape index (κ3) is 3.81. The van der Waals surface area contributed by atoms with Gasteiger partial charge in [0.05, 0.1) is 5.92 Å².